The molecule has 0 aliphatic rings. The molecule has 116 valence electrons. The maximum Gasteiger partial charge on any atom is 0.242 e. The van der Waals surface area contributed by atoms with Gasteiger partial charge < -0.3 is 5.73 Å². The number of sulfone groups is 1. The maximum atomic E-state index is 12.0. The molecule has 1 aromatic carbocycles. The molecule has 0 aliphatic heterocycles. The van der Waals surface area contributed by atoms with Gasteiger partial charge in [-0.2, -0.15) is 0 Å². The Morgan fingerprint density at radius 2 is 1.95 bits per heavy atom. The number of nitrogens with two attached hydrogens (primary N) is 1. The summed E-state index contributed by atoms with van der Waals surface area (Å²) < 4.78 is 48.2. The van der Waals surface area contributed by atoms with Crippen molar-refractivity contribution in [1.29, 1.82) is 0 Å². The van der Waals surface area contributed by atoms with Crippen molar-refractivity contribution < 1.29 is 16.8 Å². The predicted molar refractivity (Wildman–Crippen MR) is 82.3 cm³/mol. The third-order valence-corrected chi connectivity index (χ3v) is 5.21. The number of nitrogens with one attached hydrogen (secondary N) is 1. The summed E-state index contributed by atoms with van der Waals surface area (Å²) in [6.45, 7) is -0.0308. The van der Waals surface area contributed by atoms with Crippen LogP contribution in [0.3, 0.4) is 0 Å². The van der Waals surface area contributed by atoms with E-state index in [9.17, 15) is 16.8 Å². The van der Waals surface area contributed by atoms with E-state index in [2.05, 4.69) is 16.6 Å². The van der Waals surface area contributed by atoms with Gasteiger partial charge in [-0.3, -0.25) is 0 Å². The van der Waals surface area contributed by atoms with Gasteiger partial charge in [-0.1, -0.05) is 23.4 Å². The van der Waals surface area contributed by atoms with Crippen LogP contribution in [-0.2, 0) is 19.9 Å². The number of sulfonamides is 1. The fraction of sp³-hybridized carbons (Fsp3) is 0.333. The van der Waals surface area contributed by atoms with E-state index in [0.717, 1.165) is 6.26 Å². The van der Waals surface area contributed by atoms with Crippen LogP contribution in [0, 0.1) is 11.8 Å². The van der Waals surface area contributed by atoms with Gasteiger partial charge in [0.25, 0.3) is 0 Å². The first-order valence-corrected chi connectivity index (χ1v) is 9.74. The highest BCUT2D eigenvalue weighted by molar-refractivity contribution is 7.91. The predicted octanol–water partition coefficient (Wildman–Crippen LogP) is -0.0269. The van der Waals surface area contributed by atoms with Gasteiger partial charge in [0, 0.05) is 18.4 Å². The van der Waals surface area contributed by atoms with Gasteiger partial charge in [0.05, 0.1) is 17.3 Å². The van der Waals surface area contributed by atoms with Gasteiger partial charge in [-0.25, -0.2) is 21.6 Å². The van der Waals surface area contributed by atoms with Gasteiger partial charge in [0.15, 0.2) is 0 Å². The van der Waals surface area contributed by atoms with Gasteiger partial charge in [0.1, 0.15) is 14.7 Å². The Morgan fingerprint density at radius 1 is 1.29 bits per heavy atom. The third-order valence-electron chi connectivity index (χ3n) is 2.32. The van der Waals surface area contributed by atoms with E-state index >= 15 is 0 Å². The van der Waals surface area contributed by atoms with Gasteiger partial charge in [-0.05, 0) is 18.2 Å². The molecule has 0 bridgehead atoms. The molecule has 0 saturated carbocycles. The zero-order chi connectivity index (χ0) is 16.1. The van der Waals surface area contributed by atoms with Crippen LogP contribution in [0.25, 0.3) is 0 Å². The van der Waals surface area contributed by atoms with Crippen LogP contribution in [0.2, 0.25) is 5.02 Å². The van der Waals surface area contributed by atoms with E-state index in [1.54, 1.807) is 0 Å². The third kappa shape index (κ3) is 6.03. The zero-order valence-corrected chi connectivity index (χ0v) is 13.6. The van der Waals surface area contributed by atoms with Crippen LogP contribution in [-0.4, -0.2) is 41.9 Å². The van der Waals surface area contributed by atoms with Crippen molar-refractivity contribution in [3.63, 3.8) is 0 Å². The van der Waals surface area contributed by atoms with Crippen molar-refractivity contribution in [2.45, 2.75) is 4.90 Å². The number of rotatable bonds is 5. The number of hydrogen-bond acceptors (Lipinski definition) is 5. The summed E-state index contributed by atoms with van der Waals surface area (Å²) in [5.74, 6) is 5.07. The summed E-state index contributed by atoms with van der Waals surface area (Å²) in [5.41, 5.74) is 5.78. The van der Waals surface area contributed by atoms with E-state index in [1.165, 1.54) is 18.2 Å². The Hall–Kier alpha value is -1.11. The Labute approximate surface area is 129 Å². The molecule has 0 spiro atoms. The molecule has 0 fully saturated rings. The van der Waals surface area contributed by atoms with E-state index in [4.69, 9.17) is 17.3 Å². The van der Waals surface area contributed by atoms with Gasteiger partial charge in [-0.15, -0.1) is 0 Å². The second kappa shape index (κ2) is 7.24. The Bertz CT molecular complexity index is 777. The van der Waals surface area contributed by atoms with Gasteiger partial charge >= 0.3 is 0 Å². The van der Waals surface area contributed by atoms with Crippen molar-refractivity contribution in [3.05, 3.63) is 28.8 Å². The van der Waals surface area contributed by atoms with Crippen LogP contribution in [0.5, 0.6) is 0 Å². The second-order valence-corrected chi connectivity index (χ2v) is 8.58. The van der Waals surface area contributed by atoms with Crippen molar-refractivity contribution in [1.82, 2.24) is 4.72 Å². The molecule has 0 heterocycles. The molecule has 0 radical (unpaired) electrons. The minimum atomic E-state index is -3.87. The summed E-state index contributed by atoms with van der Waals surface area (Å²) in [5, 5.41) is 0.00526. The van der Waals surface area contributed by atoms with Crippen LogP contribution in [0.15, 0.2) is 23.1 Å². The normalized spacial score (nSPS) is 11.8. The summed E-state index contributed by atoms with van der Waals surface area (Å²) in [4.78, 5) is -0.129. The van der Waals surface area contributed by atoms with E-state index in [0.29, 0.717) is 5.56 Å². The average Bonchev–Trinajstić information content (AvgIpc) is 2.34. The lowest BCUT2D eigenvalue weighted by molar-refractivity contribution is 0.582. The summed E-state index contributed by atoms with van der Waals surface area (Å²) >= 11 is 5.93. The van der Waals surface area contributed by atoms with Crippen molar-refractivity contribution >= 4 is 31.5 Å². The van der Waals surface area contributed by atoms with Crippen molar-refractivity contribution in [2.75, 3.05) is 25.1 Å². The molecular weight excluding hydrogens is 336 g/mol. The summed E-state index contributed by atoms with van der Waals surface area (Å²) in [6, 6.07) is 4.22. The van der Waals surface area contributed by atoms with Gasteiger partial charge in [0.2, 0.25) is 10.0 Å². The van der Waals surface area contributed by atoms with Crippen molar-refractivity contribution in [2.24, 2.45) is 5.73 Å². The lowest BCUT2D eigenvalue weighted by Gasteiger charge is -2.08. The Kier molecular flexibility index (Phi) is 6.19. The molecule has 9 heteroatoms. The van der Waals surface area contributed by atoms with Crippen LogP contribution < -0.4 is 10.5 Å². The lowest BCUT2D eigenvalue weighted by atomic mass is 10.2. The Balaban J connectivity index is 2.94. The molecule has 1 rings (SSSR count). The second-order valence-electron chi connectivity index (χ2n) is 4.18. The number of hydrogen-bond donors (Lipinski definition) is 2. The minimum absolute atomic E-state index is 0.00526. The van der Waals surface area contributed by atoms with Crippen LogP contribution >= 0.6 is 11.6 Å². The quantitative estimate of drug-likeness (QED) is 0.725. The fourth-order valence-corrected chi connectivity index (χ4v) is 3.57. The zero-order valence-electron chi connectivity index (χ0n) is 11.3. The standard InChI is InChI=1S/C12H15ClN2O4S2/c1-20(16,17)8-7-15-21(18,19)12-5-4-10(3-2-6-14)9-11(12)13/h4-5,9,15H,6-8,14H2,1H3. The SMILES string of the molecule is CS(=O)(=O)CCNS(=O)(=O)c1ccc(C#CCN)cc1Cl. The van der Waals surface area contributed by atoms with E-state index < -0.39 is 19.9 Å². The van der Waals surface area contributed by atoms with E-state index in [-0.39, 0.29) is 28.8 Å². The average molecular weight is 351 g/mol. The molecule has 0 aliphatic carbocycles. The maximum absolute atomic E-state index is 12.0. The highest BCUT2D eigenvalue weighted by Crippen LogP contribution is 2.22. The Morgan fingerprint density at radius 3 is 2.48 bits per heavy atom. The summed E-state index contributed by atoms with van der Waals surface area (Å²) in [6.07, 6.45) is 1.03. The molecule has 0 amide bonds. The topological polar surface area (TPSA) is 106 Å². The molecule has 1 aromatic rings. The van der Waals surface area contributed by atoms with Crippen LogP contribution in [0.4, 0.5) is 0 Å². The highest BCUT2D eigenvalue weighted by atomic mass is 35.5. The lowest BCUT2D eigenvalue weighted by Crippen LogP contribution is -2.29. The molecule has 6 nitrogen and oxygen atoms in total. The summed E-state index contributed by atoms with van der Waals surface area (Å²) in [7, 11) is -7.12. The first-order valence-electron chi connectivity index (χ1n) is 5.81. The fourth-order valence-electron chi connectivity index (χ4n) is 1.39. The molecule has 21 heavy (non-hydrogen) atoms. The first kappa shape index (κ1) is 17.9. The molecule has 0 saturated heterocycles. The molecule has 3 N–H and O–H groups in total. The molecule has 0 atom stereocenters. The minimum Gasteiger partial charge on any atom is -0.320 e. The first-order chi connectivity index (χ1) is 9.65. The molecular formula is C12H15ClN2O4S2. The molecule has 0 aromatic heterocycles. The largest absolute Gasteiger partial charge is 0.320 e. The number of benzene rings is 1. The monoisotopic (exact) mass is 350 g/mol. The number of halogens is 1. The highest BCUT2D eigenvalue weighted by Gasteiger charge is 2.18. The van der Waals surface area contributed by atoms with E-state index in [1.807, 2.05) is 0 Å². The van der Waals surface area contributed by atoms with Crippen LogP contribution in [0.1, 0.15) is 5.56 Å². The molecule has 0 unspecified atom stereocenters. The smallest absolute Gasteiger partial charge is 0.242 e. The van der Waals surface area contributed by atoms with Crippen molar-refractivity contribution in [3.8, 4) is 11.8 Å².